The Labute approximate surface area is 118 Å². The fraction of sp³-hybridized carbons (Fsp3) is 0.714. The fourth-order valence-electron chi connectivity index (χ4n) is 2.77. The van der Waals surface area contributed by atoms with Crippen molar-refractivity contribution in [3.05, 3.63) is 17.5 Å². The van der Waals surface area contributed by atoms with Crippen LogP contribution in [-0.2, 0) is 20.9 Å². The van der Waals surface area contributed by atoms with Crippen molar-refractivity contribution >= 4 is 5.91 Å². The summed E-state index contributed by atoms with van der Waals surface area (Å²) in [6.45, 7) is 3.84. The Balaban J connectivity index is 1.51. The van der Waals surface area contributed by atoms with Gasteiger partial charge >= 0.3 is 0 Å². The third kappa shape index (κ3) is 2.58. The van der Waals surface area contributed by atoms with Crippen LogP contribution in [0.3, 0.4) is 0 Å². The number of hydrogen-bond acceptors (Lipinski definition) is 5. The Kier molecular flexibility index (Phi) is 3.76. The van der Waals surface area contributed by atoms with Crippen LogP contribution in [0.15, 0.2) is 10.6 Å². The molecule has 6 nitrogen and oxygen atoms in total. The van der Waals surface area contributed by atoms with Crippen molar-refractivity contribution in [3.8, 4) is 0 Å². The van der Waals surface area contributed by atoms with Gasteiger partial charge in [-0.1, -0.05) is 5.16 Å². The molecule has 3 heterocycles. The number of likely N-dealkylation sites (tertiary alicyclic amines) is 1. The molecule has 2 atom stereocenters. The molecule has 0 radical (unpaired) electrons. The first-order chi connectivity index (χ1) is 9.67. The van der Waals surface area contributed by atoms with Crippen LogP contribution in [0.4, 0.5) is 0 Å². The van der Waals surface area contributed by atoms with Gasteiger partial charge in [-0.3, -0.25) is 4.79 Å². The Morgan fingerprint density at radius 3 is 2.95 bits per heavy atom. The van der Waals surface area contributed by atoms with Gasteiger partial charge in [-0.25, -0.2) is 0 Å². The highest BCUT2D eigenvalue weighted by atomic mass is 16.5. The molecule has 0 aliphatic carbocycles. The molecular weight excluding hydrogens is 260 g/mol. The summed E-state index contributed by atoms with van der Waals surface area (Å²) in [4.78, 5) is 14.0. The number of rotatable bonds is 4. The smallest absolute Gasteiger partial charge is 0.251 e. The minimum atomic E-state index is -0.243. The van der Waals surface area contributed by atoms with Crippen molar-refractivity contribution in [2.24, 2.45) is 0 Å². The lowest BCUT2D eigenvalue weighted by atomic mass is 9.95. The second-order valence-corrected chi connectivity index (χ2v) is 5.60. The molecule has 2 saturated heterocycles. The van der Waals surface area contributed by atoms with Crippen molar-refractivity contribution in [1.29, 1.82) is 0 Å². The molecule has 1 amide bonds. The van der Waals surface area contributed by atoms with Crippen LogP contribution in [0.2, 0.25) is 0 Å². The minimum absolute atomic E-state index is 0.117. The van der Waals surface area contributed by atoms with Crippen molar-refractivity contribution < 1.29 is 18.8 Å². The van der Waals surface area contributed by atoms with Crippen LogP contribution < -0.4 is 0 Å². The first-order valence-corrected chi connectivity index (χ1v) is 7.06. The molecule has 20 heavy (non-hydrogen) atoms. The van der Waals surface area contributed by atoms with Gasteiger partial charge in [0.15, 0.2) is 5.76 Å². The highest BCUT2D eigenvalue weighted by Gasteiger charge is 2.39. The normalized spacial score (nSPS) is 26.8. The molecule has 0 spiro atoms. The van der Waals surface area contributed by atoms with Crippen molar-refractivity contribution in [2.75, 3.05) is 20.2 Å². The maximum absolute atomic E-state index is 12.2. The van der Waals surface area contributed by atoms with Gasteiger partial charge in [0.05, 0.1) is 11.8 Å². The van der Waals surface area contributed by atoms with E-state index in [-0.39, 0.29) is 24.0 Å². The summed E-state index contributed by atoms with van der Waals surface area (Å²) in [5, 5.41) is 4.04. The molecule has 0 N–H and O–H groups in total. The molecule has 2 aliphatic heterocycles. The molecule has 6 heteroatoms. The number of hydrogen-bond donors (Lipinski definition) is 0. The van der Waals surface area contributed by atoms with E-state index in [1.807, 2.05) is 17.9 Å². The molecule has 1 aromatic rings. The van der Waals surface area contributed by atoms with Crippen LogP contribution >= 0.6 is 0 Å². The van der Waals surface area contributed by atoms with Crippen molar-refractivity contribution in [1.82, 2.24) is 10.1 Å². The largest absolute Gasteiger partial charge is 0.377 e. The van der Waals surface area contributed by atoms with Gasteiger partial charge in [-0.15, -0.1) is 0 Å². The summed E-state index contributed by atoms with van der Waals surface area (Å²) in [6.07, 6.45) is 1.76. The highest BCUT2D eigenvalue weighted by molar-refractivity contribution is 5.82. The van der Waals surface area contributed by atoms with Crippen LogP contribution in [0.25, 0.3) is 0 Å². The van der Waals surface area contributed by atoms with Crippen molar-refractivity contribution in [2.45, 2.75) is 44.5 Å². The number of carbonyl (C=O) groups is 1. The van der Waals surface area contributed by atoms with Gasteiger partial charge in [0.1, 0.15) is 12.7 Å². The van der Waals surface area contributed by atoms with Gasteiger partial charge < -0.3 is 18.9 Å². The van der Waals surface area contributed by atoms with Crippen molar-refractivity contribution in [3.63, 3.8) is 0 Å². The Bertz CT molecular complexity index is 481. The van der Waals surface area contributed by atoms with Gasteiger partial charge in [0, 0.05) is 32.2 Å². The predicted molar refractivity (Wildman–Crippen MR) is 70.1 cm³/mol. The van der Waals surface area contributed by atoms with Gasteiger partial charge in [-0.2, -0.15) is 0 Å². The summed E-state index contributed by atoms with van der Waals surface area (Å²) >= 11 is 0. The Morgan fingerprint density at radius 1 is 1.50 bits per heavy atom. The summed E-state index contributed by atoms with van der Waals surface area (Å²) in [7, 11) is 1.62. The molecule has 3 rings (SSSR count). The number of carbonyl (C=O) groups excluding carboxylic acids is 1. The van der Waals surface area contributed by atoms with E-state index in [2.05, 4.69) is 5.16 Å². The van der Waals surface area contributed by atoms with Gasteiger partial charge in [-0.05, 0) is 19.8 Å². The zero-order valence-electron chi connectivity index (χ0n) is 11.9. The third-order valence-electron chi connectivity index (χ3n) is 3.98. The van der Waals surface area contributed by atoms with E-state index in [1.165, 1.54) is 0 Å². The third-order valence-corrected chi connectivity index (χ3v) is 3.98. The first-order valence-electron chi connectivity index (χ1n) is 7.06. The zero-order valence-corrected chi connectivity index (χ0v) is 11.9. The van der Waals surface area contributed by atoms with Gasteiger partial charge in [0.25, 0.3) is 5.91 Å². The molecule has 1 aromatic heterocycles. The average molecular weight is 280 g/mol. The van der Waals surface area contributed by atoms with E-state index in [4.69, 9.17) is 14.0 Å². The molecule has 2 fully saturated rings. The van der Waals surface area contributed by atoms with Crippen LogP contribution in [0.5, 0.6) is 0 Å². The lowest BCUT2D eigenvalue weighted by Gasteiger charge is -2.39. The van der Waals surface area contributed by atoms with E-state index in [0.29, 0.717) is 19.7 Å². The zero-order chi connectivity index (χ0) is 14.1. The molecular formula is C14H20N2O4. The Hall–Kier alpha value is -1.40. The number of ether oxygens (including phenoxy) is 2. The summed E-state index contributed by atoms with van der Waals surface area (Å²) in [6, 6.07) is 1.91. The number of methoxy groups -OCH3 is 1. The van der Waals surface area contributed by atoms with E-state index >= 15 is 0 Å². The lowest BCUT2D eigenvalue weighted by Crippen LogP contribution is -2.52. The molecule has 0 bridgehead atoms. The maximum Gasteiger partial charge on any atom is 0.251 e. The van der Waals surface area contributed by atoms with E-state index in [1.54, 1.807) is 7.11 Å². The van der Waals surface area contributed by atoms with E-state index in [0.717, 1.165) is 24.3 Å². The van der Waals surface area contributed by atoms with E-state index < -0.39 is 0 Å². The van der Waals surface area contributed by atoms with Crippen LogP contribution in [0.1, 0.15) is 37.1 Å². The quantitative estimate of drug-likeness (QED) is 0.832. The second kappa shape index (κ2) is 5.54. The highest BCUT2D eigenvalue weighted by Crippen LogP contribution is 2.30. The number of nitrogens with zero attached hydrogens (tertiary/aromatic N) is 2. The maximum atomic E-state index is 12.2. The molecule has 0 aromatic carbocycles. The number of amides is 1. The average Bonchev–Trinajstić information content (AvgIpc) is 2.97. The van der Waals surface area contributed by atoms with E-state index in [9.17, 15) is 4.79 Å². The topological polar surface area (TPSA) is 64.8 Å². The molecule has 0 unspecified atom stereocenters. The molecule has 110 valence electrons. The predicted octanol–water partition coefficient (Wildman–Crippen LogP) is 1.31. The Morgan fingerprint density at radius 2 is 2.30 bits per heavy atom. The first kappa shape index (κ1) is 13.6. The summed E-state index contributed by atoms with van der Waals surface area (Å²) in [5.74, 6) is 1.11. The lowest BCUT2D eigenvalue weighted by molar-refractivity contribution is -0.147. The molecule has 0 saturated carbocycles. The number of aromatic nitrogens is 1. The second-order valence-electron chi connectivity index (χ2n) is 5.60. The monoisotopic (exact) mass is 280 g/mol. The summed E-state index contributed by atoms with van der Waals surface area (Å²) < 4.78 is 15.8. The summed E-state index contributed by atoms with van der Waals surface area (Å²) in [5.41, 5.74) is 0.904. The minimum Gasteiger partial charge on any atom is -0.377 e. The molecule has 2 aliphatic rings. The fourth-order valence-corrected chi connectivity index (χ4v) is 2.77. The van der Waals surface area contributed by atoms with Gasteiger partial charge in [0.2, 0.25) is 0 Å². The standard InChI is InChI=1S/C14H20N2O4/c1-9-3-4-13(19-9)14(17)16-6-10(7-16)12-5-11(8-18-2)20-15-12/h5,9-10,13H,3-4,6-8H2,1-2H3/t9-,13-/m0/s1. The SMILES string of the molecule is COCc1cc(C2CN(C(=O)[C@@H]3CC[C@H](C)O3)C2)no1. The van der Waals surface area contributed by atoms with Crippen LogP contribution in [-0.4, -0.2) is 48.4 Å². The van der Waals surface area contributed by atoms with Crippen LogP contribution in [0, 0.1) is 0 Å².